The number of thiophene rings is 1. The summed E-state index contributed by atoms with van der Waals surface area (Å²) in [6.07, 6.45) is 2.51. The summed E-state index contributed by atoms with van der Waals surface area (Å²) in [6.45, 7) is 4.91. The van der Waals surface area contributed by atoms with E-state index >= 15 is 0 Å². The molecule has 0 atom stereocenters. The molecule has 0 amide bonds. The van der Waals surface area contributed by atoms with Crippen molar-refractivity contribution in [1.29, 1.82) is 0 Å². The van der Waals surface area contributed by atoms with Crippen LogP contribution in [0.5, 0.6) is 0 Å². The van der Waals surface area contributed by atoms with Crippen LogP contribution in [0.3, 0.4) is 0 Å². The van der Waals surface area contributed by atoms with Crippen LogP contribution in [0.1, 0.15) is 25.3 Å². The van der Waals surface area contributed by atoms with Crippen molar-refractivity contribution in [2.45, 2.75) is 26.8 Å². The largest absolute Gasteiger partial charge is 0.362 e. The molecule has 1 N–H and O–H groups in total. The highest BCUT2D eigenvalue weighted by molar-refractivity contribution is 7.16. The number of aromatic nitrogens is 3. The molecule has 20 heavy (non-hydrogen) atoms. The molecule has 3 heterocycles. The number of fused-ring (bicyclic) bond motifs is 1. The van der Waals surface area contributed by atoms with E-state index in [0.29, 0.717) is 12.5 Å². The van der Waals surface area contributed by atoms with E-state index in [4.69, 9.17) is 4.52 Å². The molecule has 0 saturated carbocycles. The van der Waals surface area contributed by atoms with Crippen LogP contribution in [0.15, 0.2) is 28.4 Å². The molecule has 3 rings (SSSR count). The van der Waals surface area contributed by atoms with E-state index < -0.39 is 0 Å². The second-order valence-corrected chi connectivity index (χ2v) is 5.99. The zero-order valence-corrected chi connectivity index (χ0v) is 12.3. The monoisotopic (exact) mass is 288 g/mol. The number of hydrogen-bond acceptors (Lipinski definition) is 6. The fourth-order valence-electron chi connectivity index (χ4n) is 2.06. The highest BCUT2D eigenvalue weighted by Crippen LogP contribution is 2.24. The van der Waals surface area contributed by atoms with Crippen molar-refractivity contribution in [3.05, 3.63) is 35.3 Å². The zero-order chi connectivity index (χ0) is 13.9. The Morgan fingerprint density at radius 1 is 1.35 bits per heavy atom. The van der Waals surface area contributed by atoms with E-state index in [2.05, 4.69) is 34.3 Å². The molecule has 3 aromatic rings. The molecule has 0 bridgehead atoms. The number of anilines is 1. The molecular weight excluding hydrogens is 272 g/mol. The lowest BCUT2D eigenvalue weighted by Gasteiger charge is -2.03. The van der Waals surface area contributed by atoms with Crippen LogP contribution in [0.25, 0.3) is 10.2 Å². The third kappa shape index (κ3) is 2.80. The zero-order valence-electron chi connectivity index (χ0n) is 11.5. The predicted molar refractivity (Wildman–Crippen MR) is 79.8 cm³/mol. The molecule has 6 heteroatoms. The van der Waals surface area contributed by atoms with Crippen molar-refractivity contribution in [1.82, 2.24) is 15.1 Å². The van der Waals surface area contributed by atoms with Gasteiger partial charge < -0.3 is 9.84 Å². The Balaban J connectivity index is 1.70. The van der Waals surface area contributed by atoms with Gasteiger partial charge in [-0.05, 0) is 23.8 Å². The maximum atomic E-state index is 5.33. The number of hydrogen-bond donors (Lipinski definition) is 1. The van der Waals surface area contributed by atoms with Gasteiger partial charge in [0.15, 0.2) is 5.76 Å². The lowest BCUT2D eigenvalue weighted by atomic mass is 10.1. The van der Waals surface area contributed by atoms with Crippen LogP contribution in [-0.2, 0) is 13.0 Å². The van der Waals surface area contributed by atoms with Gasteiger partial charge in [0.05, 0.1) is 17.6 Å². The molecule has 0 spiro atoms. The molecule has 0 fully saturated rings. The van der Waals surface area contributed by atoms with Crippen molar-refractivity contribution in [2.75, 3.05) is 5.32 Å². The Hall–Kier alpha value is -1.95. The van der Waals surface area contributed by atoms with E-state index in [-0.39, 0.29) is 0 Å². The summed E-state index contributed by atoms with van der Waals surface area (Å²) < 4.78 is 5.33. The lowest BCUT2D eigenvalue weighted by Crippen LogP contribution is -2.01. The highest BCUT2D eigenvalue weighted by Gasteiger charge is 2.08. The van der Waals surface area contributed by atoms with E-state index in [9.17, 15) is 0 Å². The molecule has 0 saturated heterocycles. The van der Waals surface area contributed by atoms with E-state index in [0.717, 1.165) is 33.9 Å². The average molecular weight is 288 g/mol. The molecule has 0 aromatic carbocycles. The van der Waals surface area contributed by atoms with Gasteiger partial charge in [0.2, 0.25) is 0 Å². The topological polar surface area (TPSA) is 63.8 Å². The first-order valence-electron chi connectivity index (χ1n) is 6.59. The summed E-state index contributed by atoms with van der Waals surface area (Å²) in [5, 5.41) is 10.4. The van der Waals surface area contributed by atoms with Crippen LogP contribution in [-0.4, -0.2) is 15.1 Å². The van der Waals surface area contributed by atoms with Crippen molar-refractivity contribution < 1.29 is 4.52 Å². The maximum Gasteiger partial charge on any atom is 0.156 e. The van der Waals surface area contributed by atoms with Gasteiger partial charge in [0, 0.05) is 6.07 Å². The standard InChI is InChI=1S/C14H16N4OS/c1-9(2)5-10-6-11(19-18-10)7-15-13-12-3-4-20-14(12)17-8-16-13/h3-4,6,8-9H,5,7H2,1-2H3,(H,15,16,17). The fourth-order valence-corrected chi connectivity index (χ4v) is 2.79. The Kier molecular flexibility index (Phi) is 3.64. The second kappa shape index (κ2) is 5.58. The van der Waals surface area contributed by atoms with Gasteiger partial charge in [-0.15, -0.1) is 11.3 Å². The van der Waals surface area contributed by atoms with E-state index in [1.807, 2.05) is 17.5 Å². The molecule has 3 aromatic heterocycles. The fraction of sp³-hybridized carbons (Fsp3) is 0.357. The molecule has 0 aliphatic rings. The quantitative estimate of drug-likeness (QED) is 0.778. The first kappa shape index (κ1) is 13.1. The van der Waals surface area contributed by atoms with Gasteiger partial charge in [-0.25, -0.2) is 9.97 Å². The Morgan fingerprint density at radius 2 is 2.25 bits per heavy atom. The van der Waals surface area contributed by atoms with Crippen molar-refractivity contribution in [3.8, 4) is 0 Å². The number of nitrogens with one attached hydrogen (secondary N) is 1. The molecule has 0 unspecified atom stereocenters. The summed E-state index contributed by atoms with van der Waals surface area (Å²) in [5.74, 6) is 2.23. The smallest absolute Gasteiger partial charge is 0.156 e. The van der Waals surface area contributed by atoms with Gasteiger partial charge in [-0.3, -0.25) is 0 Å². The SMILES string of the molecule is CC(C)Cc1cc(CNc2ncnc3sccc23)on1. The Morgan fingerprint density at radius 3 is 3.10 bits per heavy atom. The third-order valence-corrected chi connectivity index (χ3v) is 3.74. The van der Waals surface area contributed by atoms with Gasteiger partial charge >= 0.3 is 0 Å². The van der Waals surface area contributed by atoms with Crippen LogP contribution in [0.4, 0.5) is 5.82 Å². The van der Waals surface area contributed by atoms with Gasteiger partial charge in [0.1, 0.15) is 17.0 Å². The van der Waals surface area contributed by atoms with Crippen LogP contribution in [0, 0.1) is 5.92 Å². The van der Waals surface area contributed by atoms with Gasteiger partial charge in [0.25, 0.3) is 0 Å². The molecule has 0 radical (unpaired) electrons. The van der Waals surface area contributed by atoms with Crippen LogP contribution >= 0.6 is 11.3 Å². The van der Waals surface area contributed by atoms with Crippen LogP contribution < -0.4 is 5.32 Å². The Bertz CT molecular complexity index is 704. The average Bonchev–Trinajstić information content (AvgIpc) is 3.04. The predicted octanol–water partition coefficient (Wildman–Crippen LogP) is 3.49. The summed E-state index contributed by atoms with van der Waals surface area (Å²) in [4.78, 5) is 9.48. The summed E-state index contributed by atoms with van der Waals surface area (Å²) in [6, 6.07) is 4.02. The van der Waals surface area contributed by atoms with Crippen LogP contribution in [0.2, 0.25) is 0 Å². The number of rotatable bonds is 5. The molecular formula is C14H16N4OS. The maximum absolute atomic E-state index is 5.33. The summed E-state index contributed by atoms with van der Waals surface area (Å²) in [5.41, 5.74) is 1.00. The summed E-state index contributed by atoms with van der Waals surface area (Å²) in [7, 11) is 0. The minimum atomic E-state index is 0.576. The third-order valence-electron chi connectivity index (χ3n) is 2.92. The van der Waals surface area contributed by atoms with Crippen molar-refractivity contribution >= 4 is 27.4 Å². The minimum absolute atomic E-state index is 0.576. The normalized spacial score (nSPS) is 11.3. The highest BCUT2D eigenvalue weighted by atomic mass is 32.1. The van der Waals surface area contributed by atoms with E-state index in [1.165, 1.54) is 0 Å². The van der Waals surface area contributed by atoms with Crippen molar-refractivity contribution in [3.63, 3.8) is 0 Å². The molecule has 0 aliphatic heterocycles. The number of nitrogens with zero attached hydrogens (tertiary/aromatic N) is 3. The molecule has 0 aliphatic carbocycles. The first-order valence-corrected chi connectivity index (χ1v) is 7.47. The lowest BCUT2D eigenvalue weighted by molar-refractivity contribution is 0.378. The van der Waals surface area contributed by atoms with Gasteiger partial charge in [-0.1, -0.05) is 19.0 Å². The first-order chi connectivity index (χ1) is 9.72. The molecule has 104 valence electrons. The second-order valence-electron chi connectivity index (χ2n) is 5.10. The van der Waals surface area contributed by atoms with E-state index in [1.54, 1.807) is 17.7 Å². The Labute approximate surface area is 121 Å². The minimum Gasteiger partial charge on any atom is -0.362 e. The molecule has 5 nitrogen and oxygen atoms in total. The summed E-state index contributed by atoms with van der Waals surface area (Å²) >= 11 is 1.61. The van der Waals surface area contributed by atoms with Crippen molar-refractivity contribution in [2.24, 2.45) is 5.92 Å². The van der Waals surface area contributed by atoms with Gasteiger partial charge in [-0.2, -0.15) is 0 Å².